The number of aliphatic carboxylic acids is 1. The molecule has 1 saturated carbocycles. The lowest BCUT2D eigenvalue weighted by Gasteiger charge is -2.31. The molecule has 2 unspecified atom stereocenters. The molecule has 2 N–H and O–H groups in total. The van der Waals surface area contributed by atoms with Crippen LogP contribution in [0.15, 0.2) is 18.2 Å². The molecule has 0 aliphatic heterocycles. The fourth-order valence-electron chi connectivity index (χ4n) is 3.23. The van der Waals surface area contributed by atoms with E-state index in [1.165, 1.54) is 12.1 Å². The van der Waals surface area contributed by atoms with Crippen molar-refractivity contribution >= 4 is 5.97 Å². The predicted molar refractivity (Wildman–Crippen MR) is 78.0 cm³/mol. The molecule has 0 heterocycles. The monoisotopic (exact) mass is 295 g/mol. The Balaban J connectivity index is 1.96. The third-order valence-corrected chi connectivity index (χ3v) is 4.52. The molecule has 4 nitrogen and oxygen atoms in total. The number of aryl methyl sites for hydroxylation is 1. The van der Waals surface area contributed by atoms with Gasteiger partial charge in [0.1, 0.15) is 17.1 Å². The SMILES string of the molecule is CNC1(C(=O)O)CCCC1CCOc1cc(F)ccc1C. The number of likely N-dealkylation sites (N-methyl/N-ethyl adjacent to an activating group) is 1. The Morgan fingerprint density at radius 2 is 2.33 bits per heavy atom. The van der Waals surface area contributed by atoms with Gasteiger partial charge < -0.3 is 15.2 Å². The smallest absolute Gasteiger partial charge is 0.324 e. The molecule has 0 aromatic heterocycles. The highest BCUT2D eigenvalue weighted by Crippen LogP contribution is 2.38. The highest BCUT2D eigenvalue weighted by atomic mass is 19.1. The molecule has 1 aromatic carbocycles. The molecule has 1 aliphatic carbocycles. The number of nitrogens with one attached hydrogen (secondary N) is 1. The summed E-state index contributed by atoms with van der Waals surface area (Å²) in [4.78, 5) is 11.5. The summed E-state index contributed by atoms with van der Waals surface area (Å²) < 4.78 is 18.8. The second-order valence-corrected chi connectivity index (χ2v) is 5.66. The maximum atomic E-state index is 13.2. The number of halogens is 1. The molecule has 2 rings (SSSR count). The van der Waals surface area contributed by atoms with Gasteiger partial charge in [0.15, 0.2) is 0 Å². The summed E-state index contributed by atoms with van der Waals surface area (Å²) in [6.07, 6.45) is 3.06. The maximum Gasteiger partial charge on any atom is 0.324 e. The highest BCUT2D eigenvalue weighted by molar-refractivity contribution is 5.79. The van der Waals surface area contributed by atoms with Crippen molar-refractivity contribution < 1.29 is 19.0 Å². The average molecular weight is 295 g/mol. The van der Waals surface area contributed by atoms with E-state index in [1.54, 1.807) is 13.1 Å². The quantitative estimate of drug-likeness (QED) is 0.847. The third-order valence-electron chi connectivity index (χ3n) is 4.52. The van der Waals surface area contributed by atoms with Gasteiger partial charge in [-0.3, -0.25) is 4.79 Å². The summed E-state index contributed by atoms with van der Waals surface area (Å²) in [6.45, 7) is 2.26. The second-order valence-electron chi connectivity index (χ2n) is 5.66. The zero-order chi connectivity index (χ0) is 15.5. The summed E-state index contributed by atoms with van der Waals surface area (Å²) >= 11 is 0. The van der Waals surface area contributed by atoms with Crippen LogP contribution in [0.1, 0.15) is 31.2 Å². The maximum absolute atomic E-state index is 13.2. The molecule has 21 heavy (non-hydrogen) atoms. The summed E-state index contributed by atoms with van der Waals surface area (Å²) in [6, 6.07) is 4.44. The molecule has 1 aliphatic rings. The fourth-order valence-corrected chi connectivity index (χ4v) is 3.23. The Kier molecular flexibility index (Phi) is 4.83. The summed E-state index contributed by atoms with van der Waals surface area (Å²) in [5.74, 6) is -0.562. The van der Waals surface area contributed by atoms with Crippen molar-refractivity contribution in [1.29, 1.82) is 0 Å². The number of benzene rings is 1. The van der Waals surface area contributed by atoms with Gasteiger partial charge in [-0.15, -0.1) is 0 Å². The van der Waals surface area contributed by atoms with Crippen LogP contribution in [0.4, 0.5) is 4.39 Å². The molecule has 0 spiro atoms. The van der Waals surface area contributed by atoms with Gasteiger partial charge >= 0.3 is 5.97 Å². The molecule has 1 fully saturated rings. The zero-order valence-corrected chi connectivity index (χ0v) is 12.5. The molecule has 0 bridgehead atoms. The number of carbonyl (C=O) groups is 1. The second kappa shape index (κ2) is 6.43. The van der Waals surface area contributed by atoms with Crippen LogP contribution in [0.5, 0.6) is 5.75 Å². The molecular weight excluding hydrogens is 273 g/mol. The van der Waals surface area contributed by atoms with Crippen molar-refractivity contribution in [1.82, 2.24) is 5.32 Å². The van der Waals surface area contributed by atoms with E-state index in [4.69, 9.17) is 4.74 Å². The molecule has 116 valence electrons. The van der Waals surface area contributed by atoms with Crippen LogP contribution >= 0.6 is 0 Å². The van der Waals surface area contributed by atoms with Crippen molar-refractivity contribution in [2.75, 3.05) is 13.7 Å². The summed E-state index contributed by atoms with van der Waals surface area (Å²) in [5, 5.41) is 12.5. The number of ether oxygens (including phenoxy) is 1. The van der Waals surface area contributed by atoms with Crippen LogP contribution in [-0.2, 0) is 4.79 Å². The number of carboxylic acid groups (broad SMARTS) is 1. The van der Waals surface area contributed by atoms with Gasteiger partial charge in [-0.2, -0.15) is 0 Å². The van der Waals surface area contributed by atoms with E-state index in [2.05, 4.69) is 5.32 Å². The fraction of sp³-hybridized carbons (Fsp3) is 0.562. The summed E-state index contributed by atoms with van der Waals surface area (Å²) in [7, 11) is 1.70. The van der Waals surface area contributed by atoms with E-state index >= 15 is 0 Å². The van der Waals surface area contributed by atoms with Crippen LogP contribution < -0.4 is 10.1 Å². The van der Waals surface area contributed by atoms with Crippen molar-refractivity contribution in [3.05, 3.63) is 29.6 Å². The highest BCUT2D eigenvalue weighted by Gasteiger charge is 2.47. The van der Waals surface area contributed by atoms with E-state index in [1.807, 2.05) is 6.92 Å². The largest absolute Gasteiger partial charge is 0.493 e. The first-order chi connectivity index (χ1) is 9.99. The summed E-state index contributed by atoms with van der Waals surface area (Å²) in [5.41, 5.74) is 0.0290. The Labute approximate surface area is 124 Å². The van der Waals surface area contributed by atoms with Gasteiger partial charge in [0.05, 0.1) is 6.61 Å². The predicted octanol–water partition coefficient (Wildman–Crippen LogP) is 2.75. The lowest BCUT2D eigenvalue weighted by Crippen LogP contribution is -2.53. The van der Waals surface area contributed by atoms with Crippen molar-refractivity contribution in [3.63, 3.8) is 0 Å². The molecular formula is C16H22FNO3. The number of rotatable bonds is 6. The van der Waals surface area contributed by atoms with Crippen LogP contribution in [-0.4, -0.2) is 30.3 Å². The topological polar surface area (TPSA) is 58.6 Å². The zero-order valence-electron chi connectivity index (χ0n) is 12.5. The first-order valence-corrected chi connectivity index (χ1v) is 7.31. The van der Waals surface area contributed by atoms with Gasteiger partial charge in [-0.1, -0.05) is 12.5 Å². The minimum Gasteiger partial charge on any atom is -0.493 e. The van der Waals surface area contributed by atoms with Crippen molar-refractivity contribution in [2.24, 2.45) is 5.92 Å². The van der Waals surface area contributed by atoms with Gasteiger partial charge in [0.25, 0.3) is 0 Å². The lowest BCUT2D eigenvalue weighted by molar-refractivity contribution is -0.146. The lowest BCUT2D eigenvalue weighted by atomic mass is 9.85. The van der Waals surface area contributed by atoms with Gasteiger partial charge in [0.2, 0.25) is 0 Å². The Hall–Kier alpha value is -1.62. The number of hydrogen-bond acceptors (Lipinski definition) is 3. The Morgan fingerprint density at radius 3 is 3.00 bits per heavy atom. The molecule has 0 amide bonds. The van der Waals surface area contributed by atoms with Crippen molar-refractivity contribution in [2.45, 2.75) is 38.1 Å². The van der Waals surface area contributed by atoms with Gasteiger partial charge in [0, 0.05) is 6.07 Å². The van der Waals surface area contributed by atoms with Crippen LogP contribution in [0.2, 0.25) is 0 Å². The Bertz CT molecular complexity index is 520. The van der Waals surface area contributed by atoms with Crippen molar-refractivity contribution in [3.8, 4) is 5.75 Å². The van der Waals surface area contributed by atoms with E-state index in [-0.39, 0.29) is 11.7 Å². The van der Waals surface area contributed by atoms with Gasteiger partial charge in [-0.25, -0.2) is 4.39 Å². The normalized spacial score (nSPS) is 25.0. The first-order valence-electron chi connectivity index (χ1n) is 7.31. The van der Waals surface area contributed by atoms with Crippen LogP contribution in [0.3, 0.4) is 0 Å². The molecule has 5 heteroatoms. The van der Waals surface area contributed by atoms with Crippen LogP contribution in [0, 0.1) is 18.7 Å². The van der Waals surface area contributed by atoms with Crippen LogP contribution in [0.25, 0.3) is 0 Å². The van der Waals surface area contributed by atoms with Gasteiger partial charge in [-0.05, 0) is 50.8 Å². The van der Waals surface area contributed by atoms with E-state index < -0.39 is 11.5 Å². The molecule has 0 radical (unpaired) electrons. The number of carboxylic acids is 1. The molecule has 1 aromatic rings. The standard InChI is InChI=1S/C16H22FNO3/c1-11-5-6-13(17)10-14(11)21-9-7-12-4-3-8-16(12,18-2)15(19)20/h5-6,10,12,18H,3-4,7-9H2,1-2H3,(H,19,20). The first kappa shape index (κ1) is 15.8. The Morgan fingerprint density at radius 1 is 1.57 bits per heavy atom. The van der Waals surface area contributed by atoms with E-state index in [9.17, 15) is 14.3 Å². The minimum atomic E-state index is -0.847. The average Bonchev–Trinajstić information content (AvgIpc) is 2.87. The van der Waals surface area contributed by atoms with E-state index in [0.29, 0.717) is 25.2 Å². The molecule has 2 atom stereocenters. The van der Waals surface area contributed by atoms with E-state index in [0.717, 1.165) is 18.4 Å². The number of hydrogen-bond donors (Lipinski definition) is 2. The molecule has 0 saturated heterocycles. The minimum absolute atomic E-state index is 0.0360. The third kappa shape index (κ3) is 3.18.